The Morgan fingerprint density at radius 1 is 1.17 bits per heavy atom. The van der Waals surface area contributed by atoms with Crippen LogP contribution in [0.3, 0.4) is 0 Å². The molecule has 0 bridgehead atoms. The van der Waals surface area contributed by atoms with E-state index < -0.39 is 9.84 Å². The summed E-state index contributed by atoms with van der Waals surface area (Å²) in [4.78, 5) is 0. The molecule has 0 radical (unpaired) electrons. The molecule has 1 aromatic carbocycles. The van der Waals surface area contributed by atoms with Crippen LogP contribution >= 0.6 is 0 Å². The Kier molecular flexibility index (Phi) is 3.52. The van der Waals surface area contributed by atoms with E-state index in [0.29, 0.717) is 6.54 Å². The number of hydrogen-bond acceptors (Lipinski definition) is 3. The molecule has 1 aliphatic heterocycles. The molecule has 2 atom stereocenters. The summed E-state index contributed by atoms with van der Waals surface area (Å²) in [5.74, 6) is 0.207. The van der Waals surface area contributed by atoms with E-state index in [4.69, 9.17) is 0 Å². The lowest BCUT2D eigenvalue weighted by Crippen LogP contribution is -2.45. The van der Waals surface area contributed by atoms with Gasteiger partial charge in [0.15, 0.2) is 9.84 Å². The predicted molar refractivity (Wildman–Crippen MR) is 74.6 cm³/mol. The molecule has 1 aromatic rings. The Morgan fingerprint density at radius 3 is 2.22 bits per heavy atom. The summed E-state index contributed by atoms with van der Waals surface area (Å²) in [5, 5.41) is 3.08. The van der Waals surface area contributed by atoms with Gasteiger partial charge >= 0.3 is 0 Å². The van der Waals surface area contributed by atoms with Gasteiger partial charge in [0.2, 0.25) is 0 Å². The molecule has 0 aromatic heterocycles. The van der Waals surface area contributed by atoms with Crippen molar-refractivity contribution in [1.82, 2.24) is 5.32 Å². The van der Waals surface area contributed by atoms with E-state index in [-0.39, 0.29) is 17.0 Å². The number of sulfone groups is 1. The topological polar surface area (TPSA) is 46.2 Å². The first-order chi connectivity index (χ1) is 8.31. The van der Waals surface area contributed by atoms with Gasteiger partial charge in [-0.2, -0.15) is 0 Å². The fourth-order valence-electron chi connectivity index (χ4n) is 2.82. The number of aryl methyl sites for hydroxylation is 3. The molecule has 1 fully saturated rings. The van der Waals surface area contributed by atoms with Crippen LogP contribution in [0.5, 0.6) is 0 Å². The number of nitrogens with one attached hydrogen (secondary N) is 1. The van der Waals surface area contributed by atoms with E-state index in [2.05, 4.69) is 38.2 Å². The van der Waals surface area contributed by atoms with Gasteiger partial charge in [0.25, 0.3) is 0 Å². The second kappa shape index (κ2) is 4.67. The maximum absolute atomic E-state index is 12.0. The molecule has 1 saturated heterocycles. The highest BCUT2D eigenvalue weighted by Gasteiger charge is 2.32. The van der Waals surface area contributed by atoms with Crippen LogP contribution in [-0.4, -0.2) is 26.0 Å². The Bertz CT molecular complexity index is 540. The molecular formula is C14H21NO2S. The summed E-state index contributed by atoms with van der Waals surface area (Å²) < 4.78 is 24.0. The summed E-state index contributed by atoms with van der Waals surface area (Å²) in [7, 11) is -2.96. The zero-order valence-corrected chi connectivity index (χ0v) is 12.3. The predicted octanol–water partition coefficient (Wildman–Crippen LogP) is 2.06. The van der Waals surface area contributed by atoms with Gasteiger partial charge in [-0.05, 0) is 44.4 Å². The molecule has 2 rings (SSSR count). The lowest BCUT2D eigenvalue weighted by molar-refractivity contribution is 0.500. The number of benzene rings is 1. The van der Waals surface area contributed by atoms with Crippen LogP contribution in [-0.2, 0) is 9.84 Å². The smallest absolute Gasteiger partial charge is 0.156 e. The molecule has 0 amide bonds. The van der Waals surface area contributed by atoms with Crippen LogP contribution in [0.1, 0.15) is 35.2 Å². The van der Waals surface area contributed by atoms with Gasteiger partial charge in [0.1, 0.15) is 0 Å². The molecule has 1 heterocycles. The van der Waals surface area contributed by atoms with Gasteiger partial charge in [-0.25, -0.2) is 8.42 Å². The third kappa shape index (κ3) is 2.45. The second-order valence-corrected chi connectivity index (χ2v) is 7.88. The van der Waals surface area contributed by atoms with Crippen LogP contribution in [0, 0.1) is 20.8 Å². The van der Waals surface area contributed by atoms with Gasteiger partial charge in [-0.3, -0.25) is 0 Å². The molecule has 0 spiro atoms. The zero-order valence-electron chi connectivity index (χ0n) is 11.4. The van der Waals surface area contributed by atoms with Crippen LogP contribution in [0.15, 0.2) is 12.1 Å². The third-order valence-corrected chi connectivity index (χ3v) is 5.94. The molecule has 100 valence electrons. The van der Waals surface area contributed by atoms with E-state index in [1.165, 1.54) is 16.7 Å². The summed E-state index contributed by atoms with van der Waals surface area (Å²) in [6.07, 6.45) is 0. The summed E-state index contributed by atoms with van der Waals surface area (Å²) >= 11 is 0. The maximum atomic E-state index is 12.0. The van der Waals surface area contributed by atoms with Crippen molar-refractivity contribution >= 4 is 9.84 Å². The second-order valence-electron chi connectivity index (χ2n) is 5.41. The van der Waals surface area contributed by atoms with Crippen molar-refractivity contribution < 1.29 is 8.42 Å². The van der Waals surface area contributed by atoms with Gasteiger partial charge in [0.05, 0.1) is 11.0 Å². The summed E-state index contributed by atoms with van der Waals surface area (Å²) in [5.41, 5.74) is 4.72. The Hall–Kier alpha value is -0.870. The zero-order chi connectivity index (χ0) is 13.5. The molecule has 0 saturated carbocycles. The van der Waals surface area contributed by atoms with Gasteiger partial charge in [-0.15, -0.1) is 0 Å². The van der Waals surface area contributed by atoms with E-state index >= 15 is 0 Å². The van der Waals surface area contributed by atoms with Crippen molar-refractivity contribution in [3.8, 4) is 0 Å². The van der Waals surface area contributed by atoms with Crippen molar-refractivity contribution in [2.75, 3.05) is 12.3 Å². The molecule has 18 heavy (non-hydrogen) atoms. The van der Waals surface area contributed by atoms with E-state index in [0.717, 1.165) is 5.56 Å². The molecule has 3 nitrogen and oxygen atoms in total. The number of rotatable bonds is 1. The SMILES string of the molecule is Cc1cc(C)c(C2CS(=O)(=O)C(C)CN2)c(C)c1. The van der Waals surface area contributed by atoms with Crippen molar-refractivity contribution in [2.24, 2.45) is 0 Å². The average Bonchev–Trinajstić information content (AvgIpc) is 2.21. The fourth-order valence-corrected chi connectivity index (χ4v) is 4.24. The lowest BCUT2D eigenvalue weighted by Gasteiger charge is -2.30. The van der Waals surface area contributed by atoms with Gasteiger partial charge < -0.3 is 5.32 Å². The van der Waals surface area contributed by atoms with Crippen LogP contribution < -0.4 is 5.32 Å². The molecule has 2 unspecified atom stereocenters. The van der Waals surface area contributed by atoms with E-state index in [1.807, 2.05) is 0 Å². The Balaban J connectivity index is 2.39. The first-order valence-corrected chi connectivity index (χ1v) is 8.05. The molecule has 1 aliphatic rings. The summed E-state index contributed by atoms with van der Waals surface area (Å²) in [6, 6.07) is 4.18. The van der Waals surface area contributed by atoms with Crippen molar-refractivity contribution in [2.45, 2.75) is 39.0 Å². The van der Waals surface area contributed by atoms with Crippen molar-refractivity contribution in [3.05, 3.63) is 34.4 Å². The van der Waals surface area contributed by atoms with E-state index in [9.17, 15) is 8.42 Å². The van der Waals surface area contributed by atoms with Gasteiger partial charge in [-0.1, -0.05) is 17.7 Å². The summed E-state index contributed by atoms with van der Waals surface area (Å²) in [6.45, 7) is 8.49. The molecular weight excluding hydrogens is 246 g/mol. The molecule has 1 N–H and O–H groups in total. The van der Waals surface area contributed by atoms with Gasteiger partial charge in [0, 0.05) is 12.6 Å². The lowest BCUT2D eigenvalue weighted by atomic mass is 9.94. The minimum Gasteiger partial charge on any atom is -0.308 e. The van der Waals surface area contributed by atoms with Crippen LogP contribution in [0.25, 0.3) is 0 Å². The molecule has 4 heteroatoms. The monoisotopic (exact) mass is 267 g/mol. The highest BCUT2D eigenvalue weighted by atomic mass is 32.2. The van der Waals surface area contributed by atoms with Crippen LogP contribution in [0.2, 0.25) is 0 Å². The largest absolute Gasteiger partial charge is 0.308 e. The van der Waals surface area contributed by atoms with Crippen molar-refractivity contribution in [1.29, 1.82) is 0 Å². The minimum absolute atomic E-state index is 0.0631. The maximum Gasteiger partial charge on any atom is 0.156 e. The van der Waals surface area contributed by atoms with Crippen LogP contribution in [0.4, 0.5) is 0 Å². The van der Waals surface area contributed by atoms with Crippen molar-refractivity contribution in [3.63, 3.8) is 0 Å². The Morgan fingerprint density at radius 2 is 1.72 bits per heavy atom. The standard InChI is InChI=1S/C14H21NO2S/c1-9-5-10(2)14(11(3)6-9)13-8-18(16,17)12(4)7-15-13/h5-6,12-13,15H,7-8H2,1-4H3. The fraction of sp³-hybridized carbons (Fsp3) is 0.571. The average molecular weight is 267 g/mol. The first kappa shape index (κ1) is 13.6. The van der Waals surface area contributed by atoms with E-state index in [1.54, 1.807) is 6.92 Å². The molecule has 0 aliphatic carbocycles. The highest BCUT2D eigenvalue weighted by molar-refractivity contribution is 7.92. The minimum atomic E-state index is -2.96. The Labute approximate surface area is 110 Å². The quantitative estimate of drug-likeness (QED) is 0.847. The number of hydrogen-bond donors (Lipinski definition) is 1. The third-order valence-electron chi connectivity index (χ3n) is 3.75. The highest BCUT2D eigenvalue weighted by Crippen LogP contribution is 2.28. The normalized spacial score (nSPS) is 27.1. The first-order valence-electron chi connectivity index (χ1n) is 6.34.